The fraction of sp³-hybridized carbons (Fsp3) is 0.231. The molecule has 0 aliphatic rings. The van der Waals surface area contributed by atoms with Crippen molar-refractivity contribution in [2.24, 2.45) is 0 Å². The molecule has 5 nitrogen and oxygen atoms in total. The normalized spacial score (nSPS) is 10.6. The Kier molecular flexibility index (Phi) is 5.19. The number of hydrogen-bond acceptors (Lipinski definition) is 3. The molecule has 0 aliphatic heterocycles. The van der Waals surface area contributed by atoms with Crippen LogP contribution in [0.4, 0.5) is 14.5 Å². The Balaban J connectivity index is 3.05. The number of likely N-dealkylation sites (N-methyl/N-ethyl adjacent to an activating group) is 2. The van der Waals surface area contributed by atoms with Crippen molar-refractivity contribution in [2.75, 3.05) is 25.5 Å². The van der Waals surface area contributed by atoms with Crippen molar-refractivity contribution in [3.63, 3.8) is 0 Å². The molecule has 1 aromatic carbocycles. The summed E-state index contributed by atoms with van der Waals surface area (Å²) >= 11 is 0. The number of carboxylic acids is 1. The summed E-state index contributed by atoms with van der Waals surface area (Å²) in [5, 5.41) is 10.8. The molecule has 20 heavy (non-hydrogen) atoms. The van der Waals surface area contributed by atoms with Crippen LogP contribution in [0.2, 0.25) is 0 Å². The topological polar surface area (TPSA) is 69.6 Å². The predicted octanol–water partition coefficient (Wildman–Crippen LogP) is 1.24. The molecule has 0 atom stereocenters. The van der Waals surface area contributed by atoms with Crippen molar-refractivity contribution in [3.05, 3.63) is 35.4 Å². The first-order valence-electron chi connectivity index (χ1n) is 5.67. The Morgan fingerprint density at radius 3 is 2.35 bits per heavy atom. The minimum Gasteiger partial charge on any atom is -0.478 e. The number of benzene rings is 1. The van der Waals surface area contributed by atoms with Gasteiger partial charge in [-0.1, -0.05) is 0 Å². The number of nitrogens with zero attached hydrogens (tertiary/aromatic N) is 1. The lowest BCUT2D eigenvalue weighted by Crippen LogP contribution is -2.33. The molecule has 0 fully saturated rings. The molecule has 0 heterocycles. The first-order chi connectivity index (χ1) is 9.35. The number of anilines is 1. The molecule has 0 saturated carbocycles. The van der Waals surface area contributed by atoms with Gasteiger partial charge in [-0.3, -0.25) is 4.79 Å². The lowest BCUT2D eigenvalue weighted by atomic mass is 10.1. The van der Waals surface area contributed by atoms with Crippen LogP contribution in [0.1, 0.15) is 5.56 Å². The van der Waals surface area contributed by atoms with Gasteiger partial charge >= 0.3 is 5.97 Å². The summed E-state index contributed by atoms with van der Waals surface area (Å²) in [6.07, 6.45) is 1.86. The summed E-state index contributed by atoms with van der Waals surface area (Å²) < 4.78 is 27.7. The van der Waals surface area contributed by atoms with E-state index in [0.29, 0.717) is 0 Å². The van der Waals surface area contributed by atoms with Gasteiger partial charge in [0.1, 0.15) is 17.3 Å². The third-order valence-corrected chi connectivity index (χ3v) is 2.50. The first-order valence-corrected chi connectivity index (χ1v) is 5.67. The monoisotopic (exact) mass is 284 g/mol. The van der Waals surface area contributed by atoms with E-state index in [2.05, 4.69) is 5.32 Å². The highest BCUT2D eigenvalue weighted by molar-refractivity contribution is 5.85. The van der Waals surface area contributed by atoms with E-state index in [4.69, 9.17) is 5.11 Å². The van der Waals surface area contributed by atoms with Crippen LogP contribution in [0.15, 0.2) is 18.2 Å². The number of carbonyl (C=O) groups excluding carboxylic acids is 1. The van der Waals surface area contributed by atoms with Crippen LogP contribution in [0.3, 0.4) is 0 Å². The molecule has 0 aromatic heterocycles. The molecular weight excluding hydrogens is 270 g/mol. The smallest absolute Gasteiger partial charge is 0.328 e. The van der Waals surface area contributed by atoms with E-state index >= 15 is 0 Å². The van der Waals surface area contributed by atoms with Crippen LogP contribution in [0.5, 0.6) is 0 Å². The summed E-state index contributed by atoms with van der Waals surface area (Å²) in [7, 11) is 2.80. The van der Waals surface area contributed by atoms with Crippen molar-refractivity contribution in [2.45, 2.75) is 0 Å². The van der Waals surface area contributed by atoms with Gasteiger partial charge in [-0.05, 0) is 23.8 Å². The Labute approximate surface area is 114 Å². The Morgan fingerprint density at radius 2 is 1.90 bits per heavy atom. The molecule has 0 saturated heterocycles. The van der Waals surface area contributed by atoms with E-state index in [0.717, 1.165) is 29.2 Å². The highest BCUT2D eigenvalue weighted by Crippen LogP contribution is 2.24. The number of hydrogen-bond donors (Lipinski definition) is 2. The molecule has 0 unspecified atom stereocenters. The molecule has 0 aliphatic carbocycles. The summed E-state index contributed by atoms with van der Waals surface area (Å²) in [4.78, 5) is 22.7. The third kappa shape index (κ3) is 4.04. The minimum absolute atomic E-state index is 0.0829. The van der Waals surface area contributed by atoms with E-state index in [1.54, 1.807) is 0 Å². The van der Waals surface area contributed by atoms with Crippen LogP contribution in [0, 0.1) is 11.6 Å². The summed E-state index contributed by atoms with van der Waals surface area (Å²) in [6, 6.07) is 2.00. The molecule has 7 heteroatoms. The average Bonchev–Trinajstić information content (AvgIpc) is 2.35. The van der Waals surface area contributed by atoms with Gasteiger partial charge in [0.25, 0.3) is 0 Å². The maximum atomic E-state index is 13.8. The van der Waals surface area contributed by atoms with Crippen molar-refractivity contribution < 1.29 is 23.5 Å². The minimum atomic E-state index is -1.22. The number of aliphatic carboxylic acids is 1. The fourth-order valence-electron chi connectivity index (χ4n) is 1.59. The van der Waals surface area contributed by atoms with Crippen LogP contribution >= 0.6 is 0 Å². The predicted molar refractivity (Wildman–Crippen MR) is 70.4 cm³/mol. The van der Waals surface area contributed by atoms with Gasteiger partial charge in [-0.15, -0.1) is 0 Å². The standard InChI is InChI=1S/C13H14F2N2O3/c1-16-11(18)7-17(2)13-9(14)5-8(6-10(13)15)3-4-12(19)20/h3-6H,7H2,1-2H3,(H,16,18)(H,19,20). The Morgan fingerprint density at radius 1 is 1.35 bits per heavy atom. The second-order valence-electron chi connectivity index (χ2n) is 4.03. The highest BCUT2D eigenvalue weighted by Gasteiger charge is 2.16. The summed E-state index contributed by atoms with van der Waals surface area (Å²) in [5.74, 6) is -3.35. The van der Waals surface area contributed by atoms with Gasteiger partial charge in [0.2, 0.25) is 5.91 Å². The number of carbonyl (C=O) groups is 2. The van der Waals surface area contributed by atoms with Gasteiger partial charge in [0.05, 0.1) is 6.54 Å². The Bertz CT molecular complexity index is 536. The zero-order valence-electron chi connectivity index (χ0n) is 11.0. The number of nitrogens with one attached hydrogen (secondary N) is 1. The van der Waals surface area contributed by atoms with Gasteiger partial charge in [-0.25, -0.2) is 13.6 Å². The van der Waals surface area contributed by atoms with Crippen LogP contribution in [0.25, 0.3) is 6.08 Å². The van der Waals surface area contributed by atoms with Crippen LogP contribution in [-0.4, -0.2) is 37.6 Å². The molecule has 108 valence electrons. The zero-order chi connectivity index (χ0) is 15.3. The van der Waals surface area contributed by atoms with Gasteiger partial charge < -0.3 is 15.3 Å². The summed E-state index contributed by atoms with van der Waals surface area (Å²) in [6.45, 7) is -0.200. The lowest BCUT2D eigenvalue weighted by Gasteiger charge is -2.19. The maximum Gasteiger partial charge on any atom is 0.328 e. The fourth-order valence-corrected chi connectivity index (χ4v) is 1.59. The zero-order valence-corrected chi connectivity index (χ0v) is 11.0. The van der Waals surface area contributed by atoms with E-state index in [-0.39, 0.29) is 23.7 Å². The average molecular weight is 284 g/mol. The molecule has 1 amide bonds. The molecule has 0 radical (unpaired) electrons. The van der Waals surface area contributed by atoms with Crippen molar-refractivity contribution in [1.29, 1.82) is 0 Å². The van der Waals surface area contributed by atoms with E-state index in [9.17, 15) is 18.4 Å². The SMILES string of the molecule is CNC(=O)CN(C)c1c(F)cc(C=CC(=O)O)cc1F. The van der Waals surface area contributed by atoms with E-state index < -0.39 is 17.6 Å². The quantitative estimate of drug-likeness (QED) is 0.798. The third-order valence-electron chi connectivity index (χ3n) is 2.50. The molecule has 0 spiro atoms. The van der Waals surface area contributed by atoms with Crippen LogP contribution < -0.4 is 10.2 Å². The number of carboxylic acid groups (broad SMARTS) is 1. The van der Waals surface area contributed by atoms with Gasteiger partial charge in [0.15, 0.2) is 0 Å². The van der Waals surface area contributed by atoms with Gasteiger partial charge in [-0.2, -0.15) is 0 Å². The second-order valence-corrected chi connectivity index (χ2v) is 4.03. The second kappa shape index (κ2) is 6.65. The number of amides is 1. The summed E-state index contributed by atoms with van der Waals surface area (Å²) in [5.41, 5.74) is -0.263. The van der Waals surface area contributed by atoms with E-state index in [1.807, 2.05) is 0 Å². The first kappa shape index (κ1) is 15.6. The number of halogens is 2. The largest absolute Gasteiger partial charge is 0.478 e. The maximum absolute atomic E-state index is 13.8. The number of rotatable bonds is 5. The molecule has 1 rings (SSSR count). The van der Waals surface area contributed by atoms with Crippen molar-refractivity contribution in [3.8, 4) is 0 Å². The highest BCUT2D eigenvalue weighted by atomic mass is 19.1. The van der Waals surface area contributed by atoms with Crippen molar-refractivity contribution in [1.82, 2.24) is 5.32 Å². The lowest BCUT2D eigenvalue weighted by molar-refractivity contribution is -0.131. The van der Waals surface area contributed by atoms with Gasteiger partial charge in [0, 0.05) is 20.2 Å². The van der Waals surface area contributed by atoms with Crippen molar-refractivity contribution >= 4 is 23.6 Å². The Hall–Kier alpha value is -2.44. The molecular formula is C13H14F2N2O3. The molecule has 1 aromatic rings. The van der Waals surface area contributed by atoms with Crippen LogP contribution in [-0.2, 0) is 9.59 Å². The molecule has 0 bridgehead atoms. The molecule has 2 N–H and O–H groups in total. The van der Waals surface area contributed by atoms with E-state index in [1.165, 1.54) is 14.1 Å².